The van der Waals surface area contributed by atoms with Crippen LogP contribution in [0.1, 0.15) is 22.8 Å². The molecular weight excluding hydrogens is 466 g/mol. The zero-order chi connectivity index (χ0) is 20.3. The number of hydrogen-bond acceptors (Lipinski definition) is 5. The lowest BCUT2D eigenvalue weighted by atomic mass is 10.1. The Morgan fingerprint density at radius 3 is 2.61 bits per heavy atom. The van der Waals surface area contributed by atoms with Gasteiger partial charge in [-0.1, -0.05) is 27.5 Å². The molecule has 0 bridgehead atoms. The van der Waals surface area contributed by atoms with E-state index in [2.05, 4.69) is 15.9 Å². The number of ether oxygens (including phenoxy) is 1. The minimum absolute atomic E-state index is 0.243. The predicted molar refractivity (Wildman–Crippen MR) is 114 cm³/mol. The van der Waals surface area contributed by atoms with Gasteiger partial charge in [0.1, 0.15) is 5.75 Å². The molecule has 1 aliphatic heterocycles. The molecule has 3 rings (SSSR count). The number of amides is 2. The average Bonchev–Trinajstić information content (AvgIpc) is 2.92. The largest absolute Gasteiger partial charge is 0.493 e. The molecule has 1 heterocycles. The second-order valence-electron chi connectivity index (χ2n) is 5.81. The minimum atomic E-state index is -0.500. The van der Waals surface area contributed by atoms with E-state index in [9.17, 15) is 14.4 Å². The van der Waals surface area contributed by atoms with E-state index in [-0.39, 0.29) is 17.2 Å². The third kappa shape index (κ3) is 4.66. The Hall–Kier alpha value is -2.09. The maximum Gasteiger partial charge on any atom is 0.293 e. The number of hydrogen-bond donors (Lipinski definition) is 0. The Labute approximate surface area is 179 Å². The number of nitrogens with zero attached hydrogens (tertiary/aromatic N) is 1. The van der Waals surface area contributed by atoms with Gasteiger partial charge in [-0.25, -0.2) is 0 Å². The summed E-state index contributed by atoms with van der Waals surface area (Å²) in [7, 11) is 0. The highest BCUT2D eigenvalue weighted by atomic mass is 79.9. The molecule has 0 radical (unpaired) electrons. The van der Waals surface area contributed by atoms with Crippen molar-refractivity contribution in [1.82, 2.24) is 4.90 Å². The number of rotatable bonds is 6. The lowest BCUT2D eigenvalue weighted by molar-refractivity contribution is -0.122. The molecule has 28 heavy (non-hydrogen) atoms. The Kier molecular flexibility index (Phi) is 6.59. The first kappa shape index (κ1) is 20.6. The fourth-order valence-electron chi connectivity index (χ4n) is 2.57. The SMILES string of the molecule is CCOc1ccc(Br)cc1/C=C1/SC(=O)N(CC(=O)c2ccc(Cl)cc2)C1=O. The highest BCUT2D eigenvalue weighted by molar-refractivity contribution is 9.10. The summed E-state index contributed by atoms with van der Waals surface area (Å²) >= 11 is 10.0. The van der Waals surface area contributed by atoms with Crippen molar-refractivity contribution in [3.05, 3.63) is 68.0 Å². The molecule has 5 nitrogen and oxygen atoms in total. The van der Waals surface area contributed by atoms with Crippen molar-refractivity contribution in [2.75, 3.05) is 13.2 Å². The number of carbonyl (C=O) groups is 3. The third-order valence-electron chi connectivity index (χ3n) is 3.90. The smallest absolute Gasteiger partial charge is 0.293 e. The van der Waals surface area contributed by atoms with E-state index in [0.29, 0.717) is 28.5 Å². The number of ketones is 1. The van der Waals surface area contributed by atoms with Crippen LogP contribution in [0.2, 0.25) is 5.02 Å². The van der Waals surface area contributed by atoms with Gasteiger partial charge >= 0.3 is 0 Å². The Morgan fingerprint density at radius 2 is 1.93 bits per heavy atom. The molecule has 0 spiro atoms. The molecule has 0 unspecified atom stereocenters. The van der Waals surface area contributed by atoms with Crippen LogP contribution >= 0.6 is 39.3 Å². The Morgan fingerprint density at radius 1 is 1.21 bits per heavy atom. The van der Waals surface area contributed by atoms with Crippen LogP contribution in [0.3, 0.4) is 0 Å². The van der Waals surface area contributed by atoms with Gasteiger partial charge in [0.05, 0.1) is 18.1 Å². The lowest BCUT2D eigenvalue weighted by Crippen LogP contribution is -2.33. The van der Waals surface area contributed by atoms with Crippen molar-refractivity contribution in [2.45, 2.75) is 6.92 Å². The van der Waals surface area contributed by atoms with Crippen LogP contribution in [-0.4, -0.2) is 35.0 Å². The summed E-state index contributed by atoms with van der Waals surface area (Å²) in [6.07, 6.45) is 1.60. The maximum absolute atomic E-state index is 12.7. The van der Waals surface area contributed by atoms with Crippen LogP contribution in [0.25, 0.3) is 6.08 Å². The van der Waals surface area contributed by atoms with Crippen molar-refractivity contribution in [1.29, 1.82) is 0 Å². The summed E-state index contributed by atoms with van der Waals surface area (Å²) in [5.74, 6) is -0.229. The summed E-state index contributed by atoms with van der Waals surface area (Å²) in [5.41, 5.74) is 1.06. The van der Waals surface area contributed by atoms with Crippen LogP contribution in [0.4, 0.5) is 4.79 Å². The van der Waals surface area contributed by atoms with Gasteiger partial charge in [-0.2, -0.15) is 0 Å². The van der Waals surface area contributed by atoms with Crippen molar-refractivity contribution < 1.29 is 19.1 Å². The number of imide groups is 1. The Bertz CT molecular complexity index is 975. The van der Waals surface area contributed by atoms with Crippen LogP contribution in [0.15, 0.2) is 51.8 Å². The van der Waals surface area contributed by atoms with E-state index >= 15 is 0 Å². The molecule has 0 aromatic heterocycles. The van der Waals surface area contributed by atoms with Gasteiger partial charge in [0.25, 0.3) is 11.1 Å². The molecule has 0 atom stereocenters. The standard InChI is InChI=1S/C20H15BrClNO4S/c1-2-27-17-8-5-14(21)9-13(17)10-18-19(25)23(20(26)28-18)11-16(24)12-3-6-15(22)7-4-12/h3-10H,2,11H2,1H3/b18-10+. The van der Waals surface area contributed by atoms with E-state index in [4.69, 9.17) is 16.3 Å². The molecule has 8 heteroatoms. The second-order valence-corrected chi connectivity index (χ2v) is 8.16. The monoisotopic (exact) mass is 479 g/mol. The summed E-state index contributed by atoms with van der Waals surface area (Å²) in [6, 6.07) is 11.7. The normalized spacial score (nSPS) is 15.4. The number of benzene rings is 2. The predicted octanol–water partition coefficient (Wildman–Crippen LogP) is 5.42. The third-order valence-corrected chi connectivity index (χ3v) is 5.55. The molecule has 144 valence electrons. The summed E-state index contributed by atoms with van der Waals surface area (Å²) < 4.78 is 6.39. The molecule has 2 amide bonds. The van der Waals surface area contributed by atoms with Gasteiger partial charge in [0.2, 0.25) is 0 Å². The van der Waals surface area contributed by atoms with Crippen molar-refractivity contribution >= 4 is 62.3 Å². The fourth-order valence-corrected chi connectivity index (χ4v) is 3.90. The first-order chi connectivity index (χ1) is 13.4. The molecule has 2 aromatic rings. The molecule has 0 aliphatic carbocycles. The molecule has 1 fully saturated rings. The van der Waals surface area contributed by atoms with Crippen LogP contribution < -0.4 is 4.74 Å². The van der Waals surface area contributed by atoms with Crippen LogP contribution in [-0.2, 0) is 4.79 Å². The first-order valence-corrected chi connectivity index (χ1v) is 10.3. The zero-order valence-electron chi connectivity index (χ0n) is 14.8. The summed E-state index contributed by atoms with van der Waals surface area (Å²) in [5, 5.41) is 0.0243. The average molecular weight is 481 g/mol. The van der Waals surface area contributed by atoms with Crippen molar-refractivity contribution in [3.63, 3.8) is 0 Å². The van der Waals surface area contributed by atoms with Crippen molar-refractivity contribution in [3.8, 4) is 5.75 Å². The quantitative estimate of drug-likeness (QED) is 0.408. The van der Waals surface area contributed by atoms with E-state index in [1.807, 2.05) is 13.0 Å². The van der Waals surface area contributed by atoms with Gasteiger partial charge < -0.3 is 4.74 Å². The maximum atomic E-state index is 12.7. The van der Waals surface area contributed by atoms with Crippen LogP contribution in [0, 0.1) is 0 Å². The van der Waals surface area contributed by atoms with Gasteiger partial charge in [0, 0.05) is 20.6 Å². The summed E-state index contributed by atoms with van der Waals surface area (Å²) in [6.45, 7) is 2.02. The van der Waals surface area contributed by atoms with E-state index in [0.717, 1.165) is 21.1 Å². The van der Waals surface area contributed by atoms with E-state index in [1.54, 1.807) is 42.5 Å². The fraction of sp³-hybridized carbons (Fsp3) is 0.150. The van der Waals surface area contributed by atoms with E-state index in [1.165, 1.54) is 0 Å². The second kappa shape index (κ2) is 8.94. The number of thioether (sulfide) groups is 1. The molecule has 0 saturated carbocycles. The molecule has 1 saturated heterocycles. The molecule has 0 N–H and O–H groups in total. The highest BCUT2D eigenvalue weighted by Crippen LogP contribution is 2.35. The van der Waals surface area contributed by atoms with Crippen LogP contribution in [0.5, 0.6) is 5.75 Å². The minimum Gasteiger partial charge on any atom is -0.493 e. The molecular formula is C20H15BrClNO4S. The summed E-state index contributed by atoms with van der Waals surface area (Å²) in [4.78, 5) is 38.6. The van der Waals surface area contributed by atoms with Gasteiger partial charge in [-0.05, 0) is 67.2 Å². The zero-order valence-corrected chi connectivity index (χ0v) is 17.9. The first-order valence-electron chi connectivity index (χ1n) is 8.35. The molecule has 1 aliphatic rings. The number of Topliss-reactive ketones (excluding diaryl/α,β-unsaturated/α-hetero) is 1. The highest BCUT2D eigenvalue weighted by Gasteiger charge is 2.36. The Balaban J connectivity index is 1.82. The topological polar surface area (TPSA) is 63.7 Å². The number of carbonyl (C=O) groups excluding carboxylic acids is 3. The lowest BCUT2D eigenvalue weighted by Gasteiger charge is -2.11. The number of halogens is 2. The van der Waals surface area contributed by atoms with Gasteiger partial charge in [-0.15, -0.1) is 0 Å². The molecule has 2 aromatic carbocycles. The van der Waals surface area contributed by atoms with E-state index < -0.39 is 11.1 Å². The van der Waals surface area contributed by atoms with Gasteiger partial charge in [0.15, 0.2) is 5.78 Å². The van der Waals surface area contributed by atoms with Crippen molar-refractivity contribution in [2.24, 2.45) is 0 Å². The van der Waals surface area contributed by atoms with Gasteiger partial charge in [-0.3, -0.25) is 19.3 Å².